The van der Waals surface area contributed by atoms with Crippen molar-refractivity contribution in [1.82, 2.24) is 9.97 Å². The van der Waals surface area contributed by atoms with E-state index in [-0.39, 0.29) is 5.56 Å². The van der Waals surface area contributed by atoms with Crippen LogP contribution in [0.3, 0.4) is 0 Å². The number of para-hydroxylation sites is 2. The first-order valence-electron chi connectivity index (χ1n) is 9.39. The molecule has 5 rings (SSSR count). The number of rotatable bonds is 3. The zero-order valence-corrected chi connectivity index (χ0v) is 16.4. The molecule has 6 heteroatoms. The summed E-state index contributed by atoms with van der Waals surface area (Å²) in [6, 6.07) is 20.4. The van der Waals surface area contributed by atoms with Crippen LogP contribution in [0.4, 0.5) is 13.2 Å². The molecule has 0 unspecified atom stereocenters. The average molecular weight is 425 g/mol. The van der Waals surface area contributed by atoms with Gasteiger partial charge in [-0.2, -0.15) is 13.2 Å². The number of hydrogen-bond donors (Lipinski definition) is 2. The molecule has 30 heavy (non-hydrogen) atoms. The van der Waals surface area contributed by atoms with Gasteiger partial charge in [0.1, 0.15) is 4.87 Å². The molecule has 2 heterocycles. The van der Waals surface area contributed by atoms with Crippen LogP contribution >= 0.6 is 11.6 Å². The predicted octanol–water partition coefficient (Wildman–Crippen LogP) is 7.20. The Bertz CT molecular complexity index is 1290. The first-order valence-corrected chi connectivity index (χ1v) is 9.77. The summed E-state index contributed by atoms with van der Waals surface area (Å²) in [5.41, 5.74) is 2.00. The number of benzene rings is 3. The van der Waals surface area contributed by atoms with Gasteiger partial charge in [0.05, 0.1) is 5.56 Å². The Morgan fingerprint density at radius 3 is 1.50 bits per heavy atom. The molecule has 2 N–H and O–H groups in total. The fourth-order valence-electron chi connectivity index (χ4n) is 4.18. The molecule has 0 saturated carbocycles. The largest absolute Gasteiger partial charge is 0.416 e. The maximum absolute atomic E-state index is 14.0. The molecular weight excluding hydrogens is 409 g/mol. The number of hydrogen-bond acceptors (Lipinski definition) is 0. The van der Waals surface area contributed by atoms with Crippen molar-refractivity contribution in [2.24, 2.45) is 0 Å². The van der Waals surface area contributed by atoms with Gasteiger partial charge >= 0.3 is 6.18 Å². The van der Waals surface area contributed by atoms with Crippen molar-refractivity contribution in [1.29, 1.82) is 0 Å². The molecule has 150 valence electrons. The van der Waals surface area contributed by atoms with Gasteiger partial charge in [-0.05, 0) is 23.8 Å². The second-order valence-electron chi connectivity index (χ2n) is 7.20. The number of halogens is 4. The lowest BCUT2D eigenvalue weighted by Crippen LogP contribution is -2.26. The summed E-state index contributed by atoms with van der Waals surface area (Å²) in [6.45, 7) is 0. The number of aromatic nitrogens is 2. The van der Waals surface area contributed by atoms with E-state index >= 15 is 0 Å². The minimum absolute atomic E-state index is 0.00586. The molecule has 0 fully saturated rings. The van der Waals surface area contributed by atoms with Gasteiger partial charge in [0.2, 0.25) is 0 Å². The van der Waals surface area contributed by atoms with Crippen LogP contribution in [0.25, 0.3) is 21.8 Å². The Kier molecular flexibility index (Phi) is 4.19. The normalized spacial score (nSPS) is 12.7. The zero-order valence-electron chi connectivity index (χ0n) is 15.6. The van der Waals surface area contributed by atoms with Crippen molar-refractivity contribution < 1.29 is 13.2 Å². The summed E-state index contributed by atoms with van der Waals surface area (Å²) in [6.07, 6.45) is -1.14. The molecule has 0 radical (unpaired) electrons. The summed E-state index contributed by atoms with van der Waals surface area (Å²) >= 11 is 7.33. The Hall–Kier alpha value is -3.18. The lowest BCUT2D eigenvalue weighted by atomic mass is 9.81. The first-order chi connectivity index (χ1) is 14.4. The van der Waals surface area contributed by atoms with Crippen molar-refractivity contribution in [2.45, 2.75) is 11.1 Å². The highest BCUT2D eigenvalue weighted by atomic mass is 35.5. The van der Waals surface area contributed by atoms with Crippen LogP contribution < -0.4 is 0 Å². The molecule has 0 aliphatic rings. The van der Waals surface area contributed by atoms with E-state index in [0.29, 0.717) is 11.1 Å². The third kappa shape index (κ3) is 2.73. The summed E-state index contributed by atoms with van der Waals surface area (Å²) in [5, 5.41) is 1.55. The summed E-state index contributed by atoms with van der Waals surface area (Å²) in [4.78, 5) is 4.75. The monoisotopic (exact) mass is 424 g/mol. The highest BCUT2D eigenvalue weighted by molar-refractivity contribution is 6.30. The number of aromatic amines is 2. The Morgan fingerprint density at radius 1 is 0.567 bits per heavy atom. The van der Waals surface area contributed by atoms with Crippen molar-refractivity contribution in [3.63, 3.8) is 0 Å². The topological polar surface area (TPSA) is 31.6 Å². The average Bonchev–Trinajstić information content (AvgIpc) is 3.38. The van der Waals surface area contributed by atoms with E-state index in [1.165, 1.54) is 12.1 Å². The van der Waals surface area contributed by atoms with Crippen LogP contribution in [0.5, 0.6) is 0 Å². The smallest absolute Gasteiger partial charge is 0.361 e. The molecule has 3 aromatic carbocycles. The second-order valence-corrected chi connectivity index (χ2v) is 7.76. The van der Waals surface area contributed by atoms with E-state index in [2.05, 4.69) is 9.97 Å². The van der Waals surface area contributed by atoms with Gasteiger partial charge in [-0.15, -0.1) is 11.6 Å². The van der Waals surface area contributed by atoms with Crippen LogP contribution in [-0.2, 0) is 11.1 Å². The minimum Gasteiger partial charge on any atom is -0.361 e. The molecule has 0 aliphatic heterocycles. The van der Waals surface area contributed by atoms with Gasteiger partial charge in [-0.1, -0.05) is 54.6 Å². The minimum atomic E-state index is -4.55. The van der Waals surface area contributed by atoms with Crippen molar-refractivity contribution in [2.75, 3.05) is 0 Å². The summed E-state index contributed by atoms with van der Waals surface area (Å²) in [5.74, 6) is 0. The molecule has 0 spiro atoms. The van der Waals surface area contributed by atoms with Crippen LogP contribution in [0.2, 0.25) is 0 Å². The molecule has 2 aromatic heterocycles. The maximum Gasteiger partial charge on any atom is 0.416 e. The Morgan fingerprint density at radius 2 is 1.00 bits per heavy atom. The number of alkyl halides is 4. The second kappa shape index (κ2) is 6.67. The van der Waals surface area contributed by atoms with E-state index in [4.69, 9.17) is 11.6 Å². The highest BCUT2D eigenvalue weighted by Crippen LogP contribution is 2.51. The number of H-pyrrole nitrogens is 2. The number of fused-ring (bicyclic) bond motifs is 2. The molecule has 0 saturated heterocycles. The highest BCUT2D eigenvalue weighted by Gasteiger charge is 2.45. The third-order valence-corrected chi connectivity index (χ3v) is 6.14. The van der Waals surface area contributed by atoms with Gasteiger partial charge < -0.3 is 9.97 Å². The van der Waals surface area contributed by atoms with Gasteiger partial charge in [-0.3, -0.25) is 0 Å². The van der Waals surface area contributed by atoms with Gasteiger partial charge in [0, 0.05) is 45.3 Å². The Labute approximate surface area is 175 Å². The standard InChI is InChI=1S/C24H16ClF3N2/c25-23(17-9-3-4-10-18(17)24(26,27)28,19-13-29-21-11-5-1-7-15(19)21)20-14-30-22-12-6-2-8-16(20)22/h1-14,29-30H. The summed E-state index contributed by atoms with van der Waals surface area (Å²) < 4.78 is 42.0. The summed E-state index contributed by atoms with van der Waals surface area (Å²) in [7, 11) is 0. The van der Waals surface area contributed by atoms with E-state index in [9.17, 15) is 13.2 Å². The van der Waals surface area contributed by atoms with E-state index in [1.807, 2.05) is 48.5 Å². The molecular formula is C24H16ClF3N2. The molecule has 0 atom stereocenters. The fraction of sp³-hybridized carbons (Fsp3) is 0.0833. The van der Waals surface area contributed by atoms with Crippen LogP contribution in [0.1, 0.15) is 22.3 Å². The fourth-order valence-corrected chi connectivity index (χ4v) is 4.66. The van der Waals surface area contributed by atoms with Crippen molar-refractivity contribution >= 4 is 33.4 Å². The molecule has 2 nitrogen and oxygen atoms in total. The Balaban J connectivity index is 1.92. The quantitative estimate of drug-likeness (QED) is 0.287. The lowest BCUT2D eigenvalue weighted by Gasteiger charge is -2.30. The van der Waals surface area contributed by atoms with Crippen LogP contribution in [0.15, 0.2) is 85.2 Å². The van der Waals surface area contributed by atoms with E-state index in [1.54, 1.807) is 18.5 Å². The SMILES string of the molecule is FC(F)(F)c1ccccc1C(Cl)(c1c[nH]c2ccccc12)c1c[nH]c2ccccc12. The first kappa shape index (κ1) is 18.8. The predicted molar refractivity (Wildman–Crippen MR) is 114 cm³/mol. The van der Waals surface area contributed by atoms with Gasteiger partial charge in [0.15, 0.2) is 0 Å². The van der Waals surface area contributed by atoms with Crippen molar-refractivity contribution in [3.05, 3.63) is 107 Å². The lowest BCUT2D eigenvalue weighted by molar-refractivity contribution is -0.138. The number of nitrogens with one attached hydrogen (secondary N) is 2. The van der Waals surface area contributed by atoms with Gasteiger partial charge in [-0.25, -0.2) is 0 Å². The van der Waals surface area contributed by atoms with Crippen molar-refractivity contribution in [3.8, 4) is 0 Å². The maximum atomic E-state index is 14.0. The van der Waals surface area contributed by atoms with E-state index < -0.39 is 16.6 Å². The molecule has 5 aromatic rings. The third-order valence-electron chi connectivity index (χ3n) is 5.52. The van der Waals surface area contributed by atoms with Gasteiger partial charge in [0.25, 0.3) is 0 Å². The molecule has 0 amide bonds. The van der Waals surface area contributed by atoms with E-state index in [0.717, 1.165) is 27.9 Å². The molecule has 0 aliphatic carbocycles. The molecule has 0 bridgehead atoms. The van der Waals surface area contributed by atoms with Crippen LogP contribution in [0, 0.1) is 0 Å². The zero-order chi connectivity index (χ0) is 20.9. The van der Waals surface area contributed by atoms with Crippen LogP contribution in [-0.4, -0.2) is 9.97 Å².